The van der Waals surface area contributed by atoms with Crippen molar-refractivity contribution in [1.82, 2.24) is 0 Å². The number of hydrogen-bond donors (Lipinski definition) is 0. The molecule has 3 aliphatic carbocycles. The van der Waals surface area contributed by atoms with Gasteiger partial charge in [-0.05, 0) is 60.6 Å². The number of rotatable bonds is 3. The smallest absolute Gasteiger partial charge is 0.140 e. The zero-order chi connectivity index (χ0) is 13.1. The molecule has 4 atom stereocenters. The van der Waals surface area contributed by atoms with Gasteiger partial charge in [0, 0.05) is 18.4 Å². The van der Waals surface area contributed by atoms with Crippen LogP contribution in [0.15, 0.2) is 18.2 Å². The molecule has 0 spiro atoms. The Hall–Kier alpha value is -1.25. The molecule has 0 heterocycles. The van der Waals surface area contributed by atoms with E-state index in [2.05, 4.69) is 0 Å². The molecule has 0 aromatic heterocycles. The first-order valence-electron chi connectivity index (χ1n) is 7.11. The van der Waals surface area contributed by atoms with Crippen LogP contribution >= 0.6 is 0 Å². The highest BCUT2D eigenvalue weighted by atomic mass is 19.1. The van der Waals surface area contributed by atoms with Gasteiger partial charge in [0.1, 0.15) is 17.4 Å². The lowest BCUT2D eigenvalue weighted by atomic mass is 9.96. The van der Waals surface area contributed by atoms with Crippen molar-refractivity contribution in [2.75, 3.05) is 0 Å². The molecule has 19 heavy (non-hydrogen) atoms. The van der Waals surface area contributed by atoms with Gasteiger partial charge in [-0.25, -0.2) is 8.78 Å². The van der Waals surface area contributed by atoms with Crippen molar-refractivity contribution >= 4 is 5.78 Å². The summed E-state index contributed by atoms with van der Waals surface area (Å²) in [5.41, 5.74) is 0.472. The van der Waals surface area contributed by atoms with E-state index in [-0.39, 0.29) is 18.1 Å². The van der Waals surface area contributed by atoms with Crippen LogP contribution in [0.25, 0.3) is 0 Å². The van der Waals surface area contributed by atoms with Gasteiger partial charge in [0.2, 0.25) is 0 Å². The Morgan fingerprint density at radius 2 is 1.63 bits per heavy atom. The maximum Gasteiger partial charge on any atom is 0.140 e. The van der Waals surface area contributed by atoms with E-state index in [1.54, 1.807) is 0 Å². The highest BCUT2D eigenvalue weighted by Gasteiger charge is 2.66. The van der Waals surface area contributed by atoms with E-state index in [0.717, 1.165) is 17.9 Å². The fraction of sp³-hybridized carbons (Fsp3) is 0.562. The quantitative estimate of drug-likeness (QED) is 0.816. The van der Waals surface area contributed by atoms with Gasteiger partial charge in [-0.2, -0.15) is 0 Å². The van der Waals surface area contributed by atoms with Gasteiger partial charge in [0.05, 0.1) is 0 Å². The average Bonchev–Trinajstić information content (AvgIpc) is 2.78. The predicted molar refractivity (Wildman–Crippen MR) is 66.4 cm³/mol. The van der Waals surface area contributed by atoms with Crippen molar-refractivity contribution in [3.05, 3.63) is 35.4 Å². The van der Waals surface area contributed by atoms with Gasteiger partial charge in [0.25, 0.3) is 0 Å². The summed E-state index contributed by atoms with van der Waals surface area (Å²) >= 11 is 0. The average molecular weight is 262 g/mol. The maximum atomic E-state index is 13.1. The fourth-order valence-corrected chi connectivity index (χ4v) is 4.79. The summed E-state index contributed by atoms with van der Waals surface area (Å²) in [5.74, 6) is 1.91. The molecule has 0 N–H and O–H groups in total. The van der Waals surface area contributed by atoms with E-state index < -0.39 is 11.6 Å². The molecule has 0 aliphatic heterocycles. The van der Waals surface area contributed by atoms with Gasteiger partial charge in [-0.15, -0.1) is 0 Å². The number of halogens is 2. The number of benzene rings is 1. The molecular formula is C16H16F2O. The lowest BCUT2D eigenvalue weighted by Gasteiger charge is -2.08. The number of carbonyl (C=O) groups is 1. The molecule has 4 unspecified atom stereocenters. The molecule has 3 aliphatic rings. The number of ketones is 1. The lowest BCUT2D eigenvalue weighted by Crippen LogP contribution is -2.12. The highest BCUT2D eigenvalue weighted by Crippen LogP contribution is 2.69. The Balaban J connectivity index is 1.48. The lowest BCUT2D eigenvalue weighted by molar-refractivity contribution is -0.120. The Labute approximate surface area is 111 Å². The molecule has 1 nitrogen and oxygen atoms in total. The second-order valence-corrected chi connectivity index (χ2v) is 6.43. The highest BCUT2D eigenvalue weighted by molar-refractivity contribution is 5.86. The number of Topliss-reactive ketones (excluding diaryl/α,β-unsaturated/α-hetero) is 1. The van der Waals surface area contributed by atoms with Crippen molar-refractivity contribution in [1.29, 1.82) is 0 Å². The zero-order valence-electron chi connectivity index (χ0n) is 10.6. The van der Waals surface area contributed by atoms with Crippen LogP contribution in [0, 0.1) is 41.2 Å². The van der Waals surface area contributed by atoms with Crippen LogP contribution in [0.1, 0.15) is 24.8 Å². The number of carbonyl (C=O) groups excluding carboxylic acids is 1. The summed E-state index contributed by atoms with van der Waals surface area (Å²) in [6.07, 6.45) is 4.06. The van der Waals surface area contributed by atoms with Crippen molar-refractivity contribution in [2.45, 2.75) is 25.7 Å². The normalized spacial score (nSPS) is 38.3. The minimum Gasteiger partial charge on any atom is -0.299 e. The van der Waals surface area contributed by atoms with Crippen LogP contribution < -0.4 is 0 Å². The molecule has 0 radical (unpaired) electrons. The minimum absolute atomic E-state index is 0.186. The Bertz CT molecular complexity index is 517. The molecule has 0 amide bonds. The van der Waals surface area contributed by atoms with Gasteiger partial charge in [-0.1, -0.05) is 0 Å². The Morgan fingerprint density at radius 3 is 2.21 bits per heavy atom. The zero-order valence-corrected chi connectivity index (χ0v) is 10.6. The van der Waals surface area contributed by atoms with Crippen LogP contribution in [0.2, 0.25) is 0 Å². The van der Waals surface area contributed by atoms with Crippen molar-refractivity contribution in [2.24, 2.45) is 29.6 Å². The number of fused-ring (bicyclic) bond motifs is 5. The molecule has 4 rings (SSSR count). The third-order valence-corrected chi connectivity index (χ3v) is 5.41. The van der Waals surface area contributed by atoms with Gasteiger partial charge < -0.3 is 0 Å². The predicted octanol–water partition coefficient (Wildman–Crippen LogP) is 3.37. The Morgan fingerprint density at radius 1 is 1.05 bits per heavy atom. The molecule has 2 bridgehead atoms. The van der Waals surface area contributed by atoms with E-state index in [1.807, 2.05) is 0 Å². The maximum absolute atomic E-state index is 13.1. The largest absolute Gasteiger partial charge is 0.299 e. The van der Waals surface area contributed by atoms with E-state index in [4.69, 9.17) is 0 Å². The number of hydrogen-bond acceptors (Lipinski definition) is 1. The van der Waals surface area contributed by atoms with Crippen LogP contribution in [0.5, 0.6) is 0 Å². The molecule has 3 saturated carbocycles. The van der Waals surface area contributed by atoms with Crippen LogP contribution in [0.4, 0.5) is 8.78 Å². The van der Waals surface area contributed by atoms with Crippen LogP contribution in [0.3, 0.4) is 0 Å². The van der Waals surface area contributed by atoms with Gasteiger partial charge >= 0.3 is 0 Å². The SMILES string of the molecule is O=C(Cc1cc(F)cc(F)c1)C1C2C3CCC(C3)C12. The summed E-state index contributed by atoms with van der Waals surface area (Å²) in [4.78, 5) is 12.3. The van der Waals surface area contributed by atoms with E-state index in [1.165, 1.54) is 31.4 Å². The van der Waals surface area contributed by atoms with Crippen LogP contribution in [-0.4, -0.2) is 5.78 Å². The van der Waals surface area contributed by atoms with E-state index >= 15 is 0 Å². The summed E-state index contributed by atoms with van der Waals surface area (Å²) in [6.45, 7) is 0. The van der Waals surface area contributed by atoms with E-state index in [0.29, 0.717) is 17.4 Å². The first kappa shape index (κ1) is 11.6. The third-order valence-electron chi connectivity index (χ3n) is 5.41. The topological polar surface area (TPSA) is 17.1 Å². The summed E-state index contributed by atoms with van der Waals surface area (Å²) in [5, 5.41) is 0. The molecule has 3 heteroatoms. The molecule has 100 valence electrons. The Kier molecular flexibility index (Phi) is 2.36. The van der Waals surface area contributed by atoms with Crippen LogP contribution in [-0.2, 0) is 11.2 Å². The molecular weight excluding hydrogens is 246 g/mol. The van der Waals surface area contributed by atoms with Crippen molar-refractivity contribution in [3.8, 4) is 0 Å². The fourth-order valence-electron chi connectivity index (χ4n) is 4.79. The first-order valence-corrected chi connectivity index (χ1v) is 7.11. The summed E-state index contributed by atoms with van der Waals surface area (Å²) < 4.78 is 26.2. The second-order valence-electron chi connectivity index (χ2n) is 6.43. The van der Waals surface area contributed by atoms with Crippen molar-refractivity contribution < 1.29 is 13.6 Å². The second kappa shape index (κ2) is 3.87. The minimum atomic E-state index is -0.598. The third kappa shape index (κ3) is 1.74. The monoisotopic (exact) mass is 262 g/mol. The molecule has 0 saturated heterocycles. The molecule has 1 aromatic rings. The summed E-state index contributed by atoms with van der Waals surface area (Å²) in [7, 11) is 0. The summed E-state index contributed by atoms with van der Waals surface area (Å²) in [6, 6.07) is 3.39. The molecule has 1 aromatic carbocycles. The van der Waals surface area contributed by atoms with Crippen molar-refractivity contribution in [3.63, 3.8) is 0 Å². The van der Waals surface area contributed by atoms with Gasteiger partial charge in [-0.3, -0.25) is 4.79 Å². The first-order chi connectivity index (χ1) is 9.13. The van der Waals surface area contributed by atoms with E-state index in [9.17, 15) is 13.6 Å². The molecule has 3 fully saturated rings. The standard InChI is InChI=1S/C16H16F2O/c17-11-3-8(4-12(18)7-11)5-13(19)16-14-9-1-2-10(6-9)15(14)16/h3-4,7,9-10,14-16H,1-2,5-6H2. The van der Waals surface area contributed by atoms with Gasteiger partial charge in [0.15, 0.2) is 0 Å².